The van der Waals surface area contributed by atoms with Crippen molar-refractivity contribution in [3.8, 4) is 17.2 Å². The maximum atomic E-state index is 5.68. The molecule has 0 heterocycles. The fourth-order valence-electron chi connectivity index (χ4n) is 1.47. The summed E-state index contributed by atoms with van der Waals surface area (Å²) in [7, 11) is 1.64. The van der Waals surface area contributed by atoms with E-state index in [0.29, 0.717) is 6.54 Å². The van der Waals surface area contributed by atoms with Crippen molar-refractivity contribution in [3.05, 3.63) is 54.1 Å². The number of methoxy groups -OCH3 is 1. The van der Waals surface area contributed by atoms with Gasteiger partial charge >= 0.3 is 0 Å². The van der Waals surface area contributed by atoms with Gasteiger partial charge in [0.05, 0.1) is 7.11 Å². The zero-order chi connectivity index (χ0) is 12.1. The van der Waals surface area contributed by atoms with Crippen LogP contribution in [0.4, 0.5) is 0 Å². The minimum absolute atomic E-state index is 0. The van der Waals surface area contributed by atoms with Crippen LogP contribution in [-0.2, 0) is 6.54 Å². The van der Waals surface area contributed by atoms with Crippen LogP contribution < -0.4 is 15.2 Å². The number of benzene rings is 2. The van der Waals surface area contributed by atoms with Gasteiger partial charge in [-0.2, -0.15) is 0 Å². The highest BCUT2D eigenvalue weighted by Gasteiger charge is 1.98. The molecule has 0 amide bonds. The molecule has 18 heavy (non-hydrogen) atoms. The van der Waals surface area contributed by atoms with Crippen molar-refractivity contribution >= 4 is 12.4 Å². The van der Waals surface area contributed by atoms with Crippen molar-refractivity contribution < 1.29 is 9.47 Å². The largest absolute Gasteiger partial charge is 0.497 e. The lowest BCUT2D eigenvalue weighted by Gasteiger charge is -2.07. The molecule has 0 aromatic heterocycles. The Morgan fingerprint density at radius 3 is 1.72 bits per heavy atom. The Balaban J connectivity index is 0.00000162. The molecule has 0 aliphatic rings. The summed E-state index contributed by atoms with van der Waals surface area (Å²) >= 11 is 0. The van der Waals surface area contributed by atoms with Crippen molar-refractivity contribution in [1.82, 2.24) is 0 Å². The number of hydrogen-bond donors (Lipinski definition) is 1. The minimum atomic E-state index is 0. The highest BCUT2D eigenvalue weighted by atomic mass is 35.5. The third kappa shape index (κ3) is 3.65. The molecule has 96 valence electrons. The lowest BCUT2D eigenvalue weighted by atomic mass is 10.2. The van der Waals surface area contributed by atoms with Crippen LogP contribution in [0, 0.1) is 0 Å². The fraction of sp³-hybridized carbons (Fsp3) is 0.143. The van der Waals surface area contributed by atoms with Crippen molar-refractivity contribution in [3.63, 3.8) is 0 Å². The van der Waals surface area contributed by atoms with Crippen LogP contribution in [0.3, 0.4) is 0 Å². The summed E-state index contributed by atoms with van der Waals surface area (Å²) in [6.07, 6.45) is 0. The molecule has 0 bridgehead atoms. The Hall–Kier alpha value is -1.71. The Morgan fingerprint density at radius 2 is 1.28 bits per heavy atom. The normalized spacial score (nSPS) is 9.44. The average molecular weight is 266 g/mol. The van der Waals surface area contributed by atoms with Gasteiger partial charge in [0, 0.05) is 6.54 Å². The Morgan fingerprint density at radius 1 is 0.833 bits per heavy atom. The molecule has 3 nitrogen and oxygen atoms in total. The van der Waals surface area contributed by atoms with E-state index in [9.17, 15) is 0 Å². The van der Waals surface area contributed by atoms with Crippen molar-refractivity contribution in [2.24, 2.45) is 5.73 Å². The maximum Gasteiger partial charge on any atom is 0.127 e. The zero-order valence-electron chi connectivity index (χ0n) is 10.1. The van der Waals surface area contributed by atoms with Crippen LogP contribution in [0.1, 0.15) is 5.56 Å². The molecule has 0 aliphatic heterocycles. The lowest BCUT2D eigenvalue weighted by Crippen LogP contribution is -1.95. The van der Waals surface area contributed by atoms with E-state index in [1.165, 1.54) is 0 Å². The van der Waals surface area contributed by atoms with Crippen molar-refractivity contribution in [2.75, 3.05) is 7.11 Å². The number of hydrogen-bond acceptors (Lipinski definition) is 3. The molecule has 4 heteroatoms. The number of halogens is 1. The number of ether oxygens (including phenoxy) is 2. The fourth-order valence-corrected chi connectivity index (χ4v) is 1.47. The molecular formula is C14H16ClNO2. The molecule has 0 atom stereocenters. The molecule has 0 fully saturated rings. The van der Waals surface area contributed by atoms with Gasteiger partial charge in [-0.25, -0.2) is 0 Å². The van der Waals surface area contributed by atoms with E-state index in [0.717, 1.165) is 22.8 Å². The first-order valence-corrected chi connectivity index (χ1v) is 5.43. The molecule has 0 radical (unpaired) electrons. The molecule has 0 unspecified atom stereocenters. The van der Waals surface area contributed by atoms with Crippen molar-refractivity contribution in [2.45, 2.75) is 6.54 Å². The van der Waals surface area contributed by atoms with E-state index in [1.54, 1.807) is 7.11 Å². The Labute approximate surface area is 113 Å². The summed E-state index contributed by atoms with van der Waals surface area (Å²) in [4.78, 5) is 0. The first-order chi connectivity index (χ1) is 8.31. The van der Waals surface area contributed by atoms with Gasteiger partial charge in [-0.3, -0.25) is 0 Å². The van der Waals surface area contributed by atoms with Crippen molar-refractivity contribution in [1.29, 1.82) is 0 Å². The molecule has 0 spiro atoms. The first-order valence-electron chi connectivity index (χ1n) is 5.43. The molecule has 2 rings (SSSR count). The number of nitrogens with two attached hydrogens (primary N) is 1. The standard InChI is InChI=1S/C14H15NO2.ClH/c1-16-12-6-8-14(9-7-12)17-13-4-2-11(10-15)3-5-13;/h2-9H,10,15H2,1H3;1H. The molecular weight excluding hydrogens is 250 g/mol. The van der Waals surface area contributed by atoms with E-state index in [1.807, 2.05) is 48.5 Å². The first kappa shape index (κ1) is 14.4. The smallest absolute Gasteiger partial charge is 0.127 e. The van der Waals surface area contributed by atoms with Gasteiger partial charge in [-0.1, -0.05) is 12.1 Å². The van der Waals surface area contributed by atoms with Crippen LogP contribution >= 0.6 is 12.4 Å². The molecule has 2 N–H and O–H groups in total. The van der Waals surface area contributed by atoms with E-state index < -0.39 is 0 Å². The minimum Gasteiger partial charge on any atom is -0.497 e. The van der Waals surface area contributed by atoms with Crippen LogP contribution in [0.5, 0.6) is 17.2 Å². The molecule has 2 aromatic rings. The molecule has 0 saturated carbocycles. The quantitative estimate of drug-likeness (QED) is 0.922. The van der Waals surface area contributed by atoms with Gasteiger partial charge in [-0.15, -0.1) is 12.4 Å². The zero-order valence-corrected chi connectivity index (χ0v) is 10.9. The lowest BCUT2D eigenvalue weighted by molar-refractivity contribution is 0.413. The predicted molar refractivity (Wildman–Crippen MR) is 74.6 cm³/mol. The van der Waals surface area contributed by atoms with E-state index in [4.69, 9.17) is 15.2 Å². The highest BCUT2D eigenvalue weighted by Crippen LogP contribution is 2.23. The van der Waals surface area contributed by atoms with Gasteiger partial charge in [0.2, 0.25) is 0 Å². The molecule has 0 aliphatic carbocycles. The second kappa shape index (κ2) is 6.89. The second-order valence-electron chi connectivity index (χ2n) is 3.63. The Kier molecular flexibility index (Phi) is 5.49. The van der Waals surface area contributed by atoms with Gasteiger partial charge in [0.25, 0.3) is 0 Å². The summed E-state index contributed by atoms with van der Waals surface area (Å²) in [5.74, 6) is 2.40. The summed E-state index contributed by atoms with van der Waals surface area (Å²) in [5, 5.41) is 0. The maximum absolute atomic E-state index is 5.68. The summed E-state index contributed by atoms with van der Waals surface area (Å²) in [6.45, 7) is 0.544. The highest BCUT2D eigenvalue weighted by molar-refractivity contribution is 5.85. The second-order valence-corrected chi connectivity index (χ2v) is 3.63. The van der Waals surface area contributed by atoms with Gasteiger partial charge in [0.1, 0.15) is 17.2 Å². The SMILES string of the molecule is COc1ccc(Oc2ccc(CN)cc2)cc1.Cl. The molecule has 2 aromatic carbocycles. The predicted octanol–water partition coefficient (Wildman–Crippen LogP) is 3.37. The van der Waals surface area contributed by atoms with Gasteiger partial charge in [0.15, 0.2) is 0 Å². The topological polar surface area (TPSA) is 44.5 Å². The van der Waals surface area contributed by atoms with E-state index >= 15 is 0 Å². The third-order valence-corrected chi connectivity index (χ3v) is 2.45. The number of rotatable bonds is 4. The molecule has 0 saturated heterocycles. The summed E-state index contributed by atoms with van der Waals surface area (Å²) in [5.41, 5.74) is 6.62. The van der Waals surface area contributed by atoms with Crippen LogP contribution in [0.25, 0.3) is 0 Å². The van der Waals surface area contributed by atoms with Crippen LogP contribution in [0.15, 0.2) is 48.5 Å². The van der Waals surface area contributed by atoms with Gasteiger partial charge < -0.3 is 15.2 Å². The Bertz CT molecular complexity index is 423. The monoisotopic (exact) mass is 265 g/mol. The summed E-state index contributed by atoms with van der Waals surface area (Å²) < 4.78 is 10.8. The van der Waals surface area contributed by atoms with E-state index in [2.05, 4.69) is 0 Å². The van der Waals surface area contributed by atoms with E-state index in [-0.39, 0.29) is 12.4 Å². The average Bonchev–Trinajstić information content (AvgIpc) is 2.40. The van der Waals surface area contributed by atoms with Crippen LogP contribution in [0.2, 0.25) is 0 Å². The summed E-state index contributed by atoms with van der Waals surface area (Å²) in [6, 6.07) is 15.2. The third-order valence-electron chi connectivity index (χ3n) is 2.45. The van der Waals surface area contributed by atoms with Crippen LogP contribution in [-0.4, -0.2) is 7.11 Å². The van der Waals surface area contributed by atoms with Gasteiger partial charge in [-0.05, 0) is 42.0 Å².